The number of benzene rings is 1. The van der Waals surface area contributed by atoms with Gasteiger partial charge in [-0.2, -0.15) is 0 Å². The minimum atomic E-state index is 0.722. The predicted octanol–water partition coefficient (Wildman–Crippen LogP) is 5.44. The first-order valence-corrected chi connectivity index (χ1v) is 8.22. The van der Waals surface area contributed by atoms with Crippen LogP contribution in [0, 0.1) is 25.7 Å². The van der Waals surface area contributed by atoms with Gasteiger partial charge in [-0.3, -0.25) is 0 Å². The van der Waals surface area contributed by atoms with Gasteiger partial charge in [-0.25, -0.2) is 0 Å². The average molecular weight is 309 g/mol. The Labute approximate surface area is 120 Å². The lowest BCUT2D eigenvalue weighted by molar-refractivity contribution is 0.270. The Balaban J connectivity index is 2.12. The molecule has 1 aromatic carbocycles. The summed E-state index contributed by atoms with van der Waals surface area (Å²) in [5.41, 5.74) is 4.52. The normalized spacial score (nSPS) is 28.3. The summed E-state index contributed by atoms with van der Waals surface area (Å²) in [6.45, 7) is 6.85. The highest BCUT2D eigenvalue weighted by Crippen LogP contribution is 2.37. The van der Waals surface area contributed by atoms with Crippen molar-refractivity contribution in [1.29, 1.82) is 0 Å². The molecule has 0 aromatic heterocycles. The number of aryl methyl sites for hydroxylation is 2. The van der Waals surface area contributed by atoms with E-state index in [1.165, 1.54) is 43.2 Å². The first-order chi connectivity index (χ1) is 8.61. The molecule has 1 fully saturated rings. The third-order valence-electron chi connectivity index (χ3n) is 4.69. The Bertz CT molecular complexity index is 376. The fourth-order valence-corrected chi connectivity index (χ4v) is 4.01. The largest absolute Gasteiger partial charge is 0.0888 e. The molecule has 1 saturated carbocycles. The van der Waals surface area contributed by atoms with E-state index >= 15 is 0 Å². The van der Waals surface area contributed by atoms with Crippen molar-refractivity contribution < 1.29 is 0 Å². The number of hydrogen-bond acceptors (Lipinski definition) is 0. The van der Waals surface area contributed by atoms with Gasteiger partial charge in [-0.05, 0) is 68.1 Å². The second kappa shape index (κ2) is 6.23. The molecule has 1 heteroatoms. The molecule has 18 heavy (non-hydrogen) atoms. The molecule has 0 heterocycles. The summed E-state index contributed by atoms with van der Waals surface area (Å²) in [5, 5.41) is 0. The Morgan fingerprint density at radius 2 is 1.83 bits per heavy atom. The fraction of sp³-hybridized carbons (Fsp3) is 0.647. The minimum Gasteiger partial charge on any atom is -0.0888 e. The first-order valence-electron chi connectivity index (χ1n) is 7.31. The molecule has 0 aliphatic heterocycles. The molecule has 100 valence electrons. The molecule has 0 N–H and O–H groups in total. The van der Waals surface area contributed by atoms with Crippen molar-refractivity contribution in [3.8, 4) is 0 Å². The number of rotatable bonds is 3. The molecule has 2 rings (SSSR count). The topological polar surface area (TPSA) is 0 Å². The molecule has 1 aromatic rings. The van der Waals surface area contributed by atoms with Crippen LogP contribution in [0.25, 0.3) is 0 Å². The van der Waals surface area contributed by atoms with Crippen LogP contribution in [0.2, 0.25) is 0 Å². The zero-order valence-electron chi connectivity index (χ0n) is 11.9. The maximum Gasteiger partial charge on any atom is 0.0177 e. The zero-order chi connectivity index (χ0) is 13.1. The second-order valence-electron chi connectivity index (χ2n) is 5.94. The van der Waals surface area contributed by atoms with Crippen LogP contribution in [-0.4, -0.2) is 4.83 Å². The molecule has 1 aliphatic carbocycles. The van der Waals surface area contributed by atoms with Crippen molar-refractivity contribution in [1.82, 2.24) is 0 Å². The molecular formula is C17H25Br. The van der Waals surface area contributed by atoms with E-state index < -0.39 is 0 Å². The van der Waals surface area contributed by atoms with Crippen LogP contribution in [0.5, 0.6) is 0 Å². The SMILES string of the molecule is CCC1CCC(Br)C(Cc2c(C)cccc2C)C1. The van der Waals surface area contributed by atoms with Gasteiger partial charge in [0.1, 0.15) is 0 Å². The van der Waals surface area contributed by atoms with Gasteiger partial charge >= 0.3 is 0 Å². The highest BCUT2D eigenvalue weighted by molar-refractivity contribution is 9.09. The molecule has 0 saturated heterocycles. The molecule has 0 spiro atoms. The lowest BCUT2D eigenvalue weighted by Crippen LogP contribution is -2.27. The zero-order valence-corrected chi connectivity index (χ0v) is 13.5. The molecule has 3 atom stereocenters. The van der Waals surface area contributed by atoms with E-state index in [0.717, 1.165) is 16.7 Å². The van der Waals surface area contributed by atoms with Crippen molar-refractivity contribution in [2.75, 3.05) is 0 Å². The predicted molar refractivity (Wildman–Crippen MR) is 83.5 cm³/mol. The highest BCUT2D eigenvalue weighted by atomic mass is 79.9. The molecule has 0 bridgehead atoms. The van der Waals surface area contributed by atoms with Crippen LogP contribution in [0.4, 0.5) is 0 Å². The van der Waals surface area contributed by atoms with Gasteiger partial charge < -0.3 is 0 Å². The van der Waals surface area contributed by atoms with Crippen LogP contribution in [0.3, 0.4) is 0 Å². The maximum atomic E-state index is 3.92. The molecule has 3 unspecified atom stereocenters. The summed E-state index contributed by atoms with van der Waals surface area (Å²) in [6, 6.07) is 6.69. The van der Waals surface area contributed by atoms with Crippen LogP contribution in [-0.2, 0) is 6.42 Å². The monoisotopic (exact) mass is 308 g/mol. The van der Waals surface area contributed by atoms with Gasteiger partial charge in [0.05, 0.1) is 0 Å². The first kappa shape index (κ1) is 14.1. The highest BCUT2D eigenvalue weighted by Gasteiger charge is 2.28. The van der Waals surface area contributed by atoms with Gasteiger partial charge in [0.25, 0.3) is 0 Å². The van der Waals surface area contributed by atoms with Crippen LogP contribution in [0.1, 0.15) is 49.3 Å². The lowest BCUT2D eigenvalue weighted by atomic mass is 9.76. The van der Waals surface area contributed by atoms with Crippen LogP contribution in [0.15, 0.2) is 18.2 Å². The summed E-state index contributed by atoms with van der Waals surface area (Å²) >= 11 is 3.92. The van der Waals surface area contributed by atoms with Crippen molar-refractivity contribution in [2.24, 2.45) is 11.8 Å². The fourth-order valence-electron chi connectivity index (χ4n) is 3.34. The van der Waals surface area contributed by atoms with Gasteiger partial charge in [0.2, 0.25) is 0 Å². The number of halogens is 1. The molecule has 0 nitrogen and oxygen atoms in total. The quantitative estimate of drug-likeness (QED) is 0.653. The van der Waals surface area contributed by atoms with Gasteiger partial charge in [-0.1, -0.05) is 47.5 Å². The van der Waals surface area contributed by atoms with E-state index in [0.29, 0.717) is 0 Å². The Kier molecular flexibility index (Phi) is 4.89. The van der Waals surface area contributed by atoms with Crippen LogP contribution >= 0.6 is 15.9 Å². The van der Waals surface area contributed by atoms with E-state index in [2.05, 4.69) is 54.9 Å². The van der Waals surface area contributed by atoms with Crippen molar-refractivity contribution in [3.63, 3.8) is 0 Å². The Morgan fingerprint density at radius 3 is 2.44 bits per heavy atom. The summed E-state index contributed by atoms with van der Waals surface area (Å²) in [4.78, 5) is 0.722. The van der Waals surface area contributed by atoms with E-state index in [1.54, 1.807) is 5.56 Å². The smallest absolute Gasteiger partial charge is 0.0177 e. The van der Waals surface area contributed by atoms with Gasteiger partial charge in [0.15, 0.2) is 0 Å². The van der Waals surface area contributed by atoms with E-state index in [9.17, 15) is 0 Å². The van der Waals surface area contributed by atoms with Crippen molar-refractivity contribution in [2.45, 2.75) is 57.7 Å². The number of alkyl halides is 1. The minimum absolute atomic E-state index is 0.722. The maximum absolute atomic E-state index is 3.92. The molecule has 1 aliphatic rings. The van der Waals surface area contributed by atoms with E-state index in [1.807, 2.05) is 0 Å². The Hall–Kier alpha value is -0.300. The van der Waals surface area contributed by atoms with E-state index in [-0.39, 0.29) is 0 Å². The summed E-state index contributed by atoms with van der Waals surface area (Å²) in [6.07, 6.45) is 6.78. The van der Waals surface area contributed by atoms with Crippen LogP contribution < -0.4 is 0 Å². The third-order valence-corrected chi connectivity index (χ3v) is 5.89. The standard InChI is InChI=1S/C17H25Br/c1-4-14-8-9-17(18)15(10-14)11-16-12(2)6-5-7-13(16)3/h5-7,14-15,17H,4,8-11H2,1-3H3. The lowest BCUT2D eigenvalue weighted by Gasteiger charge is -2.33. The molecule has 0 radical (unpaired) electrons. The third kappa shape index (κ3) is 3.17. The van der Waals surface area contributed by atoms with Gasteiger partial charge in [0, 0.05) is 4.83 Å². The summed E-state index contributed by atoms with van der Waals surface area (Å²) in [5.74, 6) is 1.77. The molecular weight excluding hydrogens is 284 g/mol. The van der Waals surface area contributed by atoms with Crippen molar-refractivity contribution >= 4 is 15.9 Å². The van der Waals surface area contributed by atoms with E-state index in [4.69, 9.17) is 0 Å². The second-order valence-corrected chi connectivity index (χ2v) is 7.11. The van der Waals surface area contributed by atoms with Crippen molar-refractivity contribution in [3.05, 3.63) is 34.9 Å². The van der Waals surface area contributed by atoms with Gasteiger partial charge in [-0.15, -0.1) is 0 Å². The molecule has 0 amide bonds. The number of hydrogen-bond donors (Lipinski definition) is 0. The Morgan fingerprint density at radius 1 is 1.17 bits per heavy atom. The summed E-state index contributed by atoms with van der Waals surface area (Å²) < 4.78 is 0. The average Bonchev–Trinajstić information content (AvgIpc) is 2.36. The summed E-state index contributed by atoms with van der Waals surface area (Å²) in [7, 11) is 0.